The molecule has 0 aliphatic heterocycles. The van der Waals surface area contributed by atoms with Crippen LogP contribution in [-0.4, -0.2) is 69.8 Å². The topological polar surface area (TPSA) is 93.1 Å². The van der Waals surface area contributed by atoms with Crippen LogP contribution in [-0.2, 0) is 19.1 Å². The first-order chi connectivity index (χ1) is 21.0. The van der Waals surface area contributed by atoms with Crippen LogP contribution in [0.25, 0.3) is 0 Å². The van der Waals surface area contributed by atoms with Crippen LogP contribution in [0.5, 0.6) is 0 Å². The number of hydrogen-bond donors (Lipinski definition) is 2. The van der Waals surface area contributed by atoms with Crippen LogP contribution >= 0.6 is 0 Å². The molecule has 47 heavy (non-hydrogen) atoms. The minimum atomic E-state index is -6.64. The van der Waals surface area contributed by atoms with E-state index in [0.29, 0.717) is 25.7 Å². The number of esters is 2. The molecule has 5 rings (SSSR count). The highest BCUT2D eigenvalue weighted by atomic mass is 19.4. The second kappa shape index (κ2) is 11.3. The summed E-state index contributed by atoms with van der Waals surface area (Å²) >= 11 is 0. The molecule has 18 heteroatoms. The molecule has 0 aromatic rings. The molecule has 4 atom stereocenters. The van der Waals surface area contributed by atoms with E-state index in [1.54, 1.807) is 20.8 Å². The monoisotopic (exact) mass is 708 g/mol. The molecule has 0 spiro atoms. The van der Waals surface area contributed by atoms with Crippen LogP contribution in [0.3, 0.4) is 0 Å². The van der Waals surface area contributed by atoms with Gasteiger partial charge in [0.15, 0.2) is 0 Å². The van der Waals surface area contributed by atoms with Crippen molar-refractivity contribution in [3.63, 3.8) is 0 Å². The van der Waals surface area contributed by atoms with Crippen molar-refractivity contribution in [1.29, 1.82) is 0 Å². The molecule has 0 saturated heterocycles. The average molecular weight is 709 g/mol. The van der Waals surface area contributed by atoms with Crippen LogP contribution in [0.2, 0.25) is 0 Å². The lowest BCUT2D eigenvalue weighted by atomic mass is 9.48. The Bertz CT molecular complexity index is 1130. The highest BCUT2D eigenvalue weighted by molar-refractivity contribution is 5.79. The third-order valence-electron chi connectivity index (χ3n) is 11.0. The van der Waals surface area contributed by atoms with Gasteiger partial charge in [-0.05, 0) is 83.5 Å². The van der Waals surface area contributed by atoms with E-state index in [1.165, 1.54) is 0 Å². The van der Waals surface area contributed by atoms with Crippen molar-refractivity contribution in [3.05, 3.63) is 0 Å². The lowest BCUT2D eigenvalue weighted by Crippen LogP contribution is -2.67. The summed E-state index contributed by atoms with van der Waals surface area (Å²) < 4.78 is 177. The van der Waals surface area contributed by atoms with Crippen LogP contribution in [0.4, 0.5) is 52.7 Å². The van der Waals surface area contributed by atoms with Gasteiger partial charge in [0.2, 0.25) is 0 Å². The third kappa shape index (κ3) is 6.19. The van der Waals surface area contributed by atoms with Crippen molar-refractivity contribution in [3.8, 4) is 0 Å². The molecule has 0 aromatic heterocycles. The number of alkyl halides is 12. The van der Waals surface area contributed by atoms with E-state index >= 15 is 0 Å². The van der Waals surface area contributed by atoms with E-state index in [-0.39, 0.29) is 31.1 Å². The lowest BCUT2D eigenvalue weighted by molar-refractivity contribution is -0.405. The van der Waals surface area contributed by atoms with E-state index in [2.05, 4.69) is 0 Å². The molecular weight excluding hydrogens is 672 g/mol. The number of ether oxygens (including phenoxy) is 2. The van der Waals surface area contributed by atoms with Gasteiger partial charge in [-0.1, -0.05) is 6.92 Å². The Balaban J connectivity index is 1.71. The predicted molar refractivity (Wildman–Crippen MR) is 135 cm³/mol. The number of hydrogen-bond acceptors (Lipinski definition) is 6. The van der Waals surface area contributed by atoms with E-state index in [0.717, 1.165) is 0 Å². The SMILES string of the molecule is CCC(C)(C)C(=O)OC12CC3CC(C1)CC(C(=O)OC1CC(C(O)(C(F)(F)F)C(F)(F)F)CC(C(O)(C(F)(F)F)C(F)(F)F)C1)(C3)C2. The highest BCUT2D eigenvalue weighted by Crippen LogP contribution is 2.64. The maximum Gasteiger partial charge on any atom is 0.426 e. The zero-order valence-electron chi connectivity index (χ0n) is 25.5. The molecular formula is C29H36F12O6. The maximum atomic E-state index is 13.8. The zero-order valence-corrected chi connectivity index (χ0v) is 25.5. The Labute approximate surface area is 261 Å². The largest absolute Gasteiger partial charge is 0.462 e. The summed E-state index contributed by atoms with van der Waals surface area (Å²) in [5.74, 6) is -9.22. The first-order valence-electron chi connectivity index (χ1n) is 15.1. The number of carbonyl (C=O) groups excluding carboxylic acids is 2. The summed E-state index contributed by atoms with van der Waals surface area (Å²) in [5, 5.41) is 20.0. The second-order valence-corrected chi connectivity index (χ2v) is 14.7. The van der Waals surface area contributed by atoms with Gasteiger partial charge in [-0.25, -0.2) is 0 Å². The van der Waals surface area contributed by atoms with Gasteiger partial charge in [-0.15, -0.1) is 0 Å². The number of aliphatic hydroxyl groups is 2. The molecule has 272 valence electrons. The Hall–Kier alpha value is -1.98. The maximum absolute atomic E-state index is 13.8. The Morgan fingerprint density at radius 1 is 0.681 bits per heavy atom. The van der Waals surface area contributed by atoms with E-state index in [9.17, 15) is 72.5 Å². The minimum absolute atomic E-state index is 0.0719. The molecule has 0 amide bonds. The highest BCUT2D eigenvalue weighted by Gasteiger charge is 2.78. The standard InChI is InChI=1S/C29H36F12O6/c1-4-21(2,3)19(42)47-23-11-14-5-15(12-23)10-22(9-14,13-23)20(43)46-18-7-16(24(44,26(30,31)32)27(33,34)35)6-17(8-18)25(45,28(36,37)38)29(39,40)41/h14-18,44-45H,4-13H2,1-3H3. The Morgan fingerprint density at radius 2 is 1.09 bits per heavy atom. The summed E-state index contributed by atoms with van der Waals surface area (Å²) in [6.45, 7) is 4.99. The number of carbonyl (C=O) groups is 2. The minimum Gasteiger partial charge on any atom is -0.462 e. The van der Waals surface area contributed by atoms with Crippen molar-refractivity contribution >= 4 is 11.9 Å². The Morgan fingerprint density at radius 3 is 1.45 bits per heavy atom. The fraction of sp³-hybridized carbons (Fsp3) is 0.931. The van der Waals surface area contributed by atoms with Gasteiger partial charge in [0.05, 0.1) is 10.8 Å². The molecule has 0 aromatic carbocycles. The molecule has 4 unspecified atom stereocenters. The summed E-state index contributed by atoms with van der Waals surface area (Å²) in [6, 6.07) is 0. The quantitative estimate of drug-likeness (QED) is 0.213. The lowest BCUT2D eigenvalue weighted by Gasteiger charge is -2.60. The normalized spacial score (nSPS) is 33.9. The summed E-state index contributed by atoms with van der Waals surface area (Å²) in [6.07, 6.45) is -32.8. The molecule has 2 N–H and O–H groups in total. The van der Waals surface area contributed by atoms with Crippen molar-refractivity contribution in [2.45, 2.75) is 133 Å². The molecule has 5 fully saturated rings. The Kier molecular flexibility index (Phi) is 9.07. The molecule has 4 bridgehead atoms. The van der Waals surface area contributed by atoms with Gasteiger partial charge in [0, 0.05) is 18.3 Å². The van der Waals surface area contributed by atoms with Crippen molar-refractivity contribution in [1.82, 2.24) is 0 Å². The summed E-state index contributed by atoms with van der Waals surface area (Å²) in [5.41, 5.74) is -15.3. The van der Waals surface area contributed by atoms with Gasteiger partial charge in [0.25, 0.3) is 11.2 Å². The summed E-state index contributed by atoms with van der Waals surface area (Å²) in [7, 11) is 0. The summed E-state index contributed by atoms with van der Waals surface area (Å²) in [4.78, 5) is 26.8. The van der Waals surface area contributed by atoms with Gasteiger partial charge in [-0.2, -0.15) is 52.7 Å². The van der Waals surface area contributed by atoms with Crippen molar-refractivity contribution in [2.75, 3.05) is 0 Å². The van der Waals surface area contributed by atoms with Crippen molar-refractivity contribution < 1.29 is 82.0 Å². The van der Waals surface area contributed by atoms with Crippen LogP contribution in [0, 0.1) is 34.5 Å². The van der Waals surface area contributed by atoms with Gasteiger partial charge < -0.3 is 19.7 Å². The molecule has 5 aliphatic carbocycles. The van der Waals surface area contributed by atoms with Gasteiger partial charge in [0.1, 0.15) is 11.7 Å². The molecule has 0 heterocycles. The van der Waals surface area contributed by atoms with Crippen LogP contribution in [0.15, 0.2) is 0 Å². The predicted octanol–water partition coefficient (Wildman–Crippen LogP) is 7.34. The second-order valence-electron chi connectivity index (χ2n) is 14.7. The van der Waals surface area contributed by atoms with Gasteiger partial charge >= 0.3 is 36.6 Å². The zero-order chi connectivity index (χ0) is 36.0. The number of halogens is 12. The van der Waals surface area contributed by atoms with Crippen LogP contribution < -0.4 is 0 Å². The van der Waals surface area contributed by atoms with E-state index < -0.39 is 101 Å². The molecule has 5 aliphatic rings. The van der Waals surface area contributed by atoms with E-state index in [1.807, 2.05) is 0 Å². The third-order valence-corrected chi connectivity index (χ3v) is 11.0. The molecule has 0 radical (unpaired) electrons. The van der Waals surface area contributed by atoms with E-state index in [4.69, 9.17) is 9.47 Å². The van der Waals surface area contributed by atoms with Gasteiger partial charge in [-0.3, -0.25) is 9.59 Å². The fourth-order valence-electron chi connectivity index (χ4n) is 8.58. The number of rotatable bonds is 7. The fourth-order valence-corrected chi connectivity index (χ4v) is 8.58. The average Bonchev–Trinajstić information content (AvgIpc) is 2.88. The molecule has 5 saturated carbocycles. The first kappa shape index (κ1) is 37.8. The van der Waals surface area contributed by atoms with Crippen LogP contribution in [0.1, 0.15) is 85.0 Å². The molecule has 6 nitrogen and oxygen atoms in total. The first-order valence-corrected chi connectivity index (χ1v) is 15.1. The van der Waals surface area contributed by atoms with Crippen molar-refractivity contribution in [2.24, 2.45) is 34.5 Å². The smallest absolute Gasteiger partial charge is 0.426 e.